The first kappa shape index (κ1) is 18.6. The molecule has 0 rings (SSSR count). The lowest BCUT2D eigenvalue weighted by Gasteiger charge is -2.20. The average molecular weight is 321 g/mol. The summed E-state index contributed by atoms with van der Waals surface area (Å²) in [5.74, 6) is -2.68. The van der Waals surface area contributed by atoms with E-state index in [1.165, 1.54) is 11.6 Å². The largest absolute Gasteiger partial charge is 0.481 e. The van der Waals surface area contributed by atoms with Crippen LogP contribution in [0.15, 0.2) is 0 Å². The highest BCUT2D eigenvalue weighted by Gasteiger charge is 2.49. The maximum absolute atomic E-state index is 12.7. The fourth-order valence-electron chi connectivity index (χ4n) is 1.17. The molecule has 0 bridgehead atoms. The fourth-order valence-corrected chi connectivity index (χ4v) is 2.47. The molecule has 0 saturated heterocycles. The highest BCUT2D eigenvalue weighted by atomic mass is 32.2. The van der Waals surface area contributed by atoms with E-state index in [1.807, 2.05) is 0 Å². The molecule has 118 valence electrons. The van der Waals surface area contributed by atoms with Gasteiger partial charge in [0.05, 0.1) is 19.4 Å². The summed E-state index contributed by atoms with van der Waals surface area (Å²) in [5.41, 5.74) is 0. The smallest absolute Gasteiger partial charge is 0.407 e. The highest BCUT2D eigenvalue weighted by molar-refractivity contribution is 7.90. The Balaban J connectivity index is 4.93. The van der Waals surface area contributed by atoms with Gasteiger partial charge in [-0.15, -0.1) is 0 Å². The average Bonchev–Trinajstić information content (AvgIpc) is 2.23. The Hall–Kier alpha value is -1.36. The second-order valence-electron chi connectivity index (χ2n) is 3.62. The summed E-state index contributed by atoms with van der Waals surface area (Å²) in [4.78, 5) is 21.2. The number of hydrogen-bond acceptors (Lipinski definition) is 5. The molecule has 7 nitrogen and oxygen atoms in total. The van der Waals surface area contributed by atoms with Crippen LogP contribution in [0.1, 0.15) is 19.8 Å². The van der Waals surface area contributed by atoms with Gasteiger partial charge in [0.2, 0.25) is 10.0 Å². The van der Waals surface area contributed by atoms with Gasteiger partial charge in [-0.3, -0.25) is 9.59 Å². The van der Waals surface area contributed by atoms with Gasteiger partial charge in [0.25, 0.3) is 0 Å². The lowest BCUT2D eigenvalue weighted by Crippen LogP contribution is -2.45. The molecule has 1 atom stereocenters. The van der Waals surface area contributed by atoms with Crippen LogP contribution in [0.5, 0.6) is 0 Å². The Morgan fingerprint density at radius 1 is 1.35 bits per heavy atom. The first-order chi connectivity index (χ1) is 9.00. The molecule has 0 heterocycles. The Morgan fingerprint density at radius 2 is 1.90 bits per heavy atom. The van der Waals surface area contributed by atoms with Crippen molar-refractivity contribution in [3.8, 4) is 0 Å². The quantitative estimate of drug-likeness (QED) is 0.621. The third-order valence-electron chi connectivity index (χ3n) is 2.04. The minimum Gasteiger partial charge on any atom is -0.481 e. The molecule has 0 aliphatic carbocycles. The molecule has 11 heteroatoms. The zero-order chi connectivity index (χ0) is 16.0. The van der Waals surface area contributed by atoms with Crippen molar-refractivity contribution in [2.24, 2.45) is 0 Å². The van der Waals surface area contributed by atoms with Gasteiger partial charge in [-0.1, -0.05) is 0 Å². The van der Waals surface area contributed by atoms with E-state index in [1.54, 1.807) is 0 Å². The number of esters is 1. The van der Waals surface area contributed by atoms with E-state index in [0.717, 1.165) is 0 Å². The van der Waals surface area contributed by atoms with Crippen molar-refractivity contribution >= 4 is 22.0 Å². The second-order valence-corrected chi connectivity index (χ2v) is 5.57. The molecule has 0 aliphatic rings. The monoisotopic (exact) mass is 321 g/mol. The number of alkyl halides is 3. The third-order valence-corrected chi connectivity index (χ3v) is 3.83. The Morgan fingerprint density at radius 3 is 2.30 bits per heavy atom. The first-order valence-electron chi connectivity index (χ1n) is 5.43. The second kappa shape index (κ2) is 7.43. The van der Waals surface area contributed by atoms with Gasteiger partial charge >= 0.3 is 18.1 Å². The van der Waals surface area contributed by atoms with E-state index in [9.17, 15) is 31.2 Å². The normalized spacial score (nSPS) is 13.8. The zero-order valence-corrected chi connectivity index (χ0v) is 11.3. The number of carbonyl (C=O) groups excluding carboxylic acids is 1. The number of sulfonamides is 1. The molecule has 0 aliphatic heterocycles. The van der Waals surface area contributed by atoms with Crippen molar-refractivity contribution in [1.82, 2.24) is 4.72 Å². The molecule has 0 saturated carbocycles. The topological polar surface area (TPSA) is 110 Å². The zero-order valence-electron chi connectivity index (χ0n) is 10.4. The number of carbonyl (C=O) groups is 2. The van der Waals surface area contributed by atoms with Crippen LogP contribution in [-0.2, 0) is 24.3 Å². The molecule has 0 aromatic heterocycles. The predicted octanol–water partition coefficient (Wildman–Crippen LogP) is 0.265. The summed E-state index contributed by atoms with van der Waals surface area (Å²) < 4.78 is 66.7. The van der Waals surface area contributed by atoms with Crippen molar-refractivity contribution in [2.45, 2.75) is 31.2 Å². The fraction of sp³-hybridized carbons (Fsp3) is 0.778. The predicted molar refractivity (Wildman–Crippen MR) is 60.3 cm³/mol. The van der Waals surface area contributed by atoms with E-state index in [-0.39, 0.29) is 6.61 Å². The highest BCUT2D eigenvalue weighted by Crippen LogP contribution is 2.28. The summed E-state index contributed by atoms with van der Waals surface area (Å²) in [7, 11) is -4.93. The van der Waals surface area contributed by atoms with Gasteiger partial charge < -0.3 is 9.84 Å². The number of ether oxygens (including phenoxy) is 1. The van der Waals surface area contributed by atoms with Crippen LogP contribution in [0.4, 0.5) is 13.2 Å². The van der Waals surface area contributed by atoms with Crippen molar-refractivity contribution < 1.29 is 41.0 Å². The molecule has 0 aromatic carbocycles. The number of rotatable bonds is 8. The van der Waals surface area contributed by atoms with Gasteiger partial charge in [-0.2, -0.15) is 13.2 Å². The van der Waals surface area contributed by atoms with Crippen molar-refractivity contribution in [2.75, 3.05) is 13.2 Å². The van der Waals surface area contributed by atoms with Gasteiger partial charge in [0.1, 0.15) is 0 Å². The summed E-state index contributed by atoms with van der Waals surface area (Å²) in [5, 5.41) is 5.31. The van der Waals surface area contributed by atoms with Crippen LogP contribution < -0.4 is 4.72 Å². The van der Waals surface area contributed by atoms with Crippen LogP contribution in [0.2, 0.25) is 0 Å². The van der Waals surface area contributed by atoms with E-state index in [0.29, 0.717) is 0 Å². The molecule has 0 amide bonds. The molecule has 0 spiro atoms. The Kier molecular flexibility index (Phi) is 6.92. The van der Waals surface area contributed by atoms with Crippen molar-refractivity contribution in [1.29, 1.82) is 0 Å². The standard InChI is InChI=1S/C9H14F3NO6S/c1-2-19-8(16)5-6(9(10,11)12)20(17,18)13-4-3-7(14)15/h6,13H,2-5H2,1H3,(H,14,15). The van der Waals surface area contributed by atoms with Gasteiger partial charge in [-0.05, 0) is 6.92 Å². The molecule has 1 unspecified atom stereocenters. The number of halogens is 3. The number of carboxylic acids is 1. The van der Waals surface area contributed by atoms with E-state index >= 15 is 0 Å². The molecule has 0 radical (unpaired) electrons. The summed E-state index contributed by atoms with van der Waals surface area (Å²) >= 11 is 0. The number of aliphatic carboxylic acids is 1. The summed E-state index contributed by atoms with van der Waals surface area (Å²) in [6.07, 6.45) is -7.25. The first-order valence-corrected chi connectivity index (χ1v) is 6.98. The lowest BCUT2D eigenvalue weighted by molar-refractivity contribution is -0.155. The van der Waals surface area contributed by atoms with Crippen molar-refractivity contribution in [3.05, 3.63) is 0 Å². The molecule has 2 N–H and O–H groups in total. The van der Waals surface area contributed by atoms with E-state index < -0.39 is 52.8 Å². The van der Waals surface area contributed by atoms with E-state index in [2.05, 4.69) is 4.74 Å². The maximum atomic E-state index is 12.7. The molecule has 0 fully saturated rings. The maximum Gasteiger partial charge on any atom is 0.407 e. The van der Waals surface area contributed by atoms with Gasteiger partial charge in [0.15, 0.2) is 5.25 Å². The lowest BCUT2D eigenvalue weighted by atomic mass is 10.3. The minimum absolute atomic E-state index is 0.185. The van der Waals surface area contributed by atoms with Gasteiger partial charge in [0, 0.05) is 6.54 Å². The Bertz CT molecular complexity index is 447. The summed E-state index contributed by atoms with van der Waals surface area (Å²) in [6, 6.07) is 0. The van der Waals surface area contributed by atoms with Crippen molar-refractivity contribution in [3.63, 3.8) is 0 Å². The van der Waals surface area contributed by atoms with Crippen LogP contribution in [0.3, 0.4) is 0 Å². The van der Waals surface area contributed by atoms with Gasteiger partial charge in [-0.25, -0.2) is 13.1 Å². The SMILES string of the molecule is CCOC(=O)CC(C(F)(F)F)S(=O)(=O)NCCC(=O)O. The molecule has 20 heavy (non-hydrogen) atoms. The minimum atomic E-state index is -5.18. The van der Waals surface area contributed by atoms with Crippen LogP contribution in [-0.4, -0.2) is 50.0 Å². The number of nitrogens with one attached hydrogen (secondary N) is 1. The summed E-state index contributed by atoms with van der Waals surface area (Å²) in [6.45, 7) is 0.475. The molecular formula is C9H14F3NO6S. The number of carboxylic acid groups (broad SMARTS) is 1. The third kappa shape index (κ3) is 6.70. The molecule has 0 aromatic rings. The van der Waals surface area contributed by atoms with Crippen LogP contribution >= 0.6 is 0 Å². The van der Waals surface area contributed by atoms with Crippen LogP contribution in [0, 0.1) is 0 Å². The molecular weight excluding hydrogens is 307 g/mol. The Labute approximate surface area is 113 Å². The van der Waals surface area contributed by atoms with Crippen LogP contribution in [0.25, 0.3) is 0 Å². The van der Waals surface area contributed by atoms with E-state index in [4.69, 9.17) is 5.11 Å². The number of hydrogen-bond donors (Lipinski definition) is 2.